The van der Waals surface area contributed by atoms with E-state index in [2.05, 4.69) is 50.1 Å². The summed E-state index contributed by atoms with van der Waals surface area (Å²) in [5, 5.41) is 11.2. The molecule has 0 spiro atoms. The van der Waals surface area contributed by atoms with Crippen LogP contribution < -0.4 is 14.4 Å². The maximum Gasteiger partial charge on any atom is 0.269 e. The minimum Gasteiger partial charge on any atom is -0.476 e. The highest BCUT2D eigenvalue weighted by Crippen LogP contribution is 2.39. The fraction of sp³-hybridized carbons (Fsp3) is 0.550. The van der Waals surface area contributed by atoms with Crippen molar-refractivity contribution >= 4 is 49.8 Å². The number of anilines is 2. The zero-order chi connectivity index (χ0) is 23.0. The van der Waals surface area contributed by atoms with E-state index in [1.807, 2.05) is 12.1 Å². The van der Waals surface area contributed by atoms with Crippen molar-refractivity contribution in [2.75, 3.05) is 28.2 Å². The number of aromatic nitrogens is 2. The molecule has 1 aliphatic heterocycles. The largest absolute Gasteiger partial charge is 0.476 e. The number of carbonyl (C=O) groups is 1. The molecular weight excluding hydrogens is 456 g/mol. The number of nitrogens with one attached hydrogen (secondary N) is 1. The average Bonchev–Trinajstić information content (AvgIpc) is 3.10. The zero-order valence-corrected chi connectivity index (χ0v) is 20.9. The van der Waals surface area contributed by atoms with Gasteiger partial charge in [0.2, 0.25) is 15.2 Å². The molecule has 0 saturated carbocycles. The summed E-state index contributed by atoms with van der Waals surface area (Å²) >= 11 is 2.87. The first-order chi connectivity index (χ1) is 14.3. The summed E-state index contributed by atoms with van der Waals surface area (Å²) < 4.78 is 32.8. The first-order valence-electron chi connectivity index (χ1n) is 9.90. The minimum absolute atomic E-state index is 0.112. The molecule has 1 aromatic carbocycles. The topological polar surface area (TPSA) is 101 Å². The molecule has 1 amide bonds. The van der Waals surface area contributed by atoms with Crippen molar-refractivity contribution in [3.8, 4) is 5.75 Å². The van der Waals surface area contributed by atoms with Crippen molar-refractivity contribution < 1.29 is 17.9 Å². The Morgan fingerprint density at radius 1 is 1.35 bits per heavy atom. The number of thioether (sulfide) groups is 1. The monoisotopic (exact) mass is 484 g/mol. The fourth-order valence-corrected chi connectivity index (χ4v) is 5.55. The molecule has 11 heteroatoms. The van der Waals surface area contributed by atoms with Crippen LogP contribution in [0.4, 0.5) is 10.8 Å². The Hall–Kier alpha value is -1.85. The van der Waals surface area contributed by atoms with E-state index in [0.29, 0.717) is 22.5 Å². The Morgan fingerprint density at radius 2 is 2.06 bits per heavy atom. The predicted molar refractivity (Wildman–Crippen MR) is 126 cm³/mol. The van der Waals surface area contributed by atoms with E-state index in [9.17, 15) is 13.2 Å². The summed E-state index contributed by atoms with van der Waals surface area (Å²) in [5.41, 5.74) is 1.27. The van der Waals surface area contributed by atoms with Gasteiger partial charge in [-0.1, -0.05) is 63.8 Å². The highest BCUT2D eigenvalue weighted by atomic mass is 32.2. The molecule has 8 nitrogen and oxygen atoms in total. The molecule has 1 N–H and O–H groups in total. The summed E-state index contributed by atoms with van der Waals surface area (Å²) in [5.74, 6) is 1.32. The van der Waals surface area contributed by atoms with Crippen LogP contribution in [0.2, 0.25) is 0 Å². The Balaban J connectivity index is 1.80. The molecule has 31 heavy (non-hydrogen) atoms. The normalized spacial score (nSPS) is 16.7. The van der Waals surface area contributed by atoms with Crippen molar-refractivity contribution in [2.45, 2.75) is 50.5 Å². The van der Waals surface area contributed by atoms with Crippen molar-refractivity contribution in [2.24, 2.45) is 5.92 Å². The lowest BCUT2D eigenvalue weighted by molar-refractivity contribution is -0.122. The Labute approximate surface area is 191 Å². The van der Waals surface area contributed by atoms with Gasteiger partial charge in [0.25, 0.3) is 5.91 Å². The van der Waals surface area contributed by atoms with Gasteiger partial charge in [-0.25, -0.2) is 8.42 Å². The van der Waals surface area contributed by atoms with Gasteiger partial charge in [0, 0.05) is 5.75 Å². The minimum atomic E-state index is -3.61. The summed E-state index contributed by atoms with van der Waals surface area (Å²) in [6.45, 7) is 10.3. The number of amides is 1. The Kier molecular flexibility index (Phi) is 6.87. The van der Waals surface area contributed by atoms with Gasteiger partial charge in [0.15, 0.2) is 10.4 Å². The van der Waals surface area contributed by atoms with Gasteiger partial charge in [-0.3, -0.25) is 14.4 Å². The lowest BCUT2D eigenvalue weighted by Crippen LogP contribution is -2.48. The zero-order valence-electron chi connectivity index (χ0n) is 18.5. The van der Waals surface area contributed by atoms with Crippen molar-refractivity contribution in [3.05, 3.63) is 23.8 Å². The molecule has 1 atom stereocenters. The van der Waals surface area contributed by atoms with Crippen LogP contribution in [-0.2, 0) is 20.2 Å². The Bertz CT molecular complexity index is 1060. The average molecular weight is 485 g/mol. The van der Waals surface area contributed by atoms with Gasteiger partial charge in [-0.05, 0) is 29.0 Å². The molecular formula is C20H28N4O4S3. The highest BCUT2D eigenvalue weighted by molar-refractivity contribution is 8.01. The first-order valence-corrected chi connectivity index (χ1v) is 13.6. The number of hydrogen-bond acceptors (Lipinski definition) is 8. The van der Waals surface area contributed by atoms with E-state index in [0.717, 1.165) is 21.9 Å². The van der Waals surface area contributed by atoms with E-state index < -0.39 is 22.0 Å². The smallest absolute Gasteiger partial charge is 0.269 e. The number of hydrogen-bond donors (Lipinski definition) is 1. The van der Waals surface area contributed by atoms with Crippen molar-refractivity contribution in [1.29, 1.82) is 0 Å². The molecule has 0 saturated heterocycles. The number of rotatable bonds is 6. The molecule has 3 rings (SSSR count). The maximum atomic E-state index is 12.8. The molecule has 0 fully saturated rings. The molecule has 2 heterocycles. The second-order valence-corrected chi connectivity index (χ2v) is 13.1. The standard InChI is InChI=1S/C20H28N4O4S3/c1-12(2)11-29-19-23-22-18(30-19)21-17(25)16-10-24(31(6,26)27)14-9-13(20(3,4)5)7-8-15(14)28-16/h7-9,12,16H,10-11H2,1-6H3,(H,21,22,25)/t16-/m1/s1. The highest BCUT2D eigenvalue weighted by Gasteiger charge is 2.36. The van der Waals surface area contributed by atoms with Gasteiger partial charge in [-0.15, -0.1) is 10.2 Å². The second kappa shape index (κ2) is 8.95. The summed E-state index contributed by atoms with van der Waals surface area (Å²) in [6.07, 6.45) is 0.127. The molecule has 2 aromatic rings. The van der Waals surface area contributed by atoms with E-state index >= 15 is 0 Å². The van der Waals surface area contributed by atoms with Crippen LogP contribution in [-0.4, -0.2) is 49.2 Å². The first kappa shape index (κ1) is 23.8. The van der Waals surface area contributed by atoms with Crippen molar-refractivity contribution in [3.63, 3.8) is 0 Å². The van der Waals surface area contributed by atoms with Crippen LogP contribution in [0, 0.1) is 5.92 Å². The van der Waals surface area contributed by atoms with Crippen LogP contribution in [0.15, 0.2) is 22.5 Å². The van der Waals surface area contributed by atoms with Gasteiger partial charge >= 0.3 is 0 Å². The number of nitrogens with zero attached hydrogens (tertiary/aromatic N) is 3. The van der Waals surface area contributed by atoms with Gasteiger partial charge in [0.05, 0.1) is 18.5 Å². The van der Waals surface area contributed by atoms with Gasteiger partial charge in [-0.2, -0.15) is 0 Å². The van der Waals surface area contributed by atoms with Crippen LogP contribution in [0.25, 0.3) is 0 Å². The number of ether oxygens (including phenoxy) is 1. The van der Waals surface area contributed by atoms with E-state index in [4.69, 9.17) is 4.74 Å². The number of carbonyl (C=O) groups excluding carboxylic acids is 1. The molecule has 0 bridgehead atoms. The van der Waals surface area contributed by atoms with E-state index in [1.54, 1.807) is 17.8 Å². The molecule has 1 aliphatic rings. The lowest BCUT2D eigenvalue weighted by Gasteiger charge is -2.35. The lowest BCUT2D eigenvalue weighted by atomic mass is 9.86. The Morgan fingerprint density at radius 3 is 2.68 bits per heavy atom. The van der Waals surface area contributed by atoms with Gasteiger partial charge < -0.3 is 4.74 Å². The van der Waals surface area contributed by atoms with Crippen LogP contribution in [0.3, 0.4) is 0 Å². The third kappa shape index (κ3) is 5.89. The molecule has 1 aromatic heterocycles. The quantitative estimate of drug-likeness (QED) is 0.492. The SMILES string of the molecule is CC(C)CSc1nnc(NC(=O)[C@H]2CN(S(C)(=O)=O)c3cc(C(C)(C)C)ccc3O2)s1. The molecule has 0 radical (unpaired) electrons. The maximum absolute atomic E-state index is 12.8. The fourth-order valence-electron chi connectivity index (χ4n) is 2.91. The summed E-state index contributed by atoms with van der Waals surface area (Å²) in [7, 11) is -3.61. The molecule has 170 valence electrons. The molecule has 0 unspecified atom stereocenters. The van der Waals surface area contributed by atoms with Crippen LogP contribution in [0.5, 0.6) is 5.75 Å². The summed E-state index contributed by atoms with van der Waals surface area (Å²) in [6, 6.07) is 5.43. The number of benzene rings is 1. The van der Waals surface area contributed by atoms with Crippen LogP contribution in [0.1, 0.15) is 40.2 Å². The van der Waals surface area contributed by atoms with E-state index in [-0.39, 0.29) is 12.0 Å². The van der Waals surface area contributed by atoms with Gasteiger partial charge in [0.1, 0.15) is 5.75 Å². The van der Waals surface area contributed by atoms with Crippen molar-refractivity contribution in [1.82, 2.24) is 10.2 Å². The number of fused-ring (bicyclic) bond motifs is 1. The van der Waals surface area contributed by atoms with Crippen LogP contribution >= 0.6 is 23.1 Å². The second-order valence-electron chi connectivity index (χ2n) is 8.90. The summed E-state index contributed by atoms with van der Waals surface area (Å²) in [4.78, 5) is 12.8. The van der Waals surface area contributed by atoms with E-state index in [1.165, 1.54) is 15.6 Å². The predicted octanol–water partition coefficient (Wildman–Crippen LogP) is 3.75. The third-order valence-corrected chi connectivity index (χ3v) is 8.11. The molecule has 0 aliphatic carbocycles. The third-order valence-electron chi connectivity index (χ3n) is 4.56. The number of sulfonamides is 1.